The molecule has 3 aromatic rings. The van der Waals surface area contributed by atoms with Crippen LogP contribution in [0.4, 0.5) is 4.39 Å². The van der Waals surface area contributed by atoms with Crippen molar-refractivity contribution >= 4 is 49.8 Å². The van der Waals surface area contributed by atoms with Gasteiger partial charge >= 0.3 is 0 Å². The van der Waals surface area contributed by atoms with Crippen molar-refractivity contribution in [3.8, 4) is 10.7 Å². The predicted molar refractivity (Wildman–Crippen MR) is 82.8 cm³/mol. The van der Waals surface area contributed by atoms with E-state index in [-0.39, 0.29) is 10.7 Å². The number of nitrogens with zero attached hydrogens (tertiary/aromatic N) is 3. The number of thiazole rings is 1. The minimum absolute atomic E-state index is 0.208. The van der Waals surface area contributed by atoms with Crippen molar-refractivity contribution in [1.82, 2.24) is 15.0 Å². The number of benzene rings is 1. The normalized spacial score (nSPS) is 11.2. The molecule has 0 aliphatic heterocycles. The van der Waals surface area contributed by atoms with Crippen LogP contribution >= 0.6 is 38.9 Å². The average molecular weight is 373 g/mol. The maximum absolute atomic E-state index is 14.0. The smallest absolute Gasteiger partial charge is 0.173 e. The minimum Gasteiger partial charge on any atom is -0.246 e. The molecule has 2 heterocycles. The van der Waals surface area contributed by atoms with Crippen LogP contribution in [0, 0.1) is 19.7 Å². The summed E-state index contributed by atoms with van der Waals surface area (Å²) in [6, 6.07) is 2.94. The van der Waals surface area contributed by atoms with Crippen LogP contribution in [-0.2, 0) is 0 Å². The summed E-state index contributed by atoms with van der Waals surface area (Å²) < 4.78 is 14.6. The molecule has 3 rings (SSSR count). The van der Waals surface area contributed by atoms with Gasteiger partial charge in [0.05, 0.1) is 21.0 Å². The van der Waals surface area contributed by atoms with Gasteiger partial charge in [-0.05, 0) is 41.9 Å². The highest BCUT2D eigenvalue weighted by molar-refractivity contribution is 9.10. The Balaban J connectivity index is 2.35. The molecule has 0 saturated carbocycles. The van der Waals surface area contributed by atoms with Gasteiger partial charge in [-0.25, -0.2) is 19.3 Å². The van der Waals surface area contributed by atoms with Crippen LogP contribution in [-0.4, -0.2) is 15.0 Å². The van der Waals surface area contributed by atoms with Crippen LogP contribution in [0.1, 0.15) is 10.7 Å². The molecule has 20 heavy (non-hydrogen) atoms. The van der Waals surface area contributed by atoms with E-state index in [2.05, 4.69) is 30.9 Å². The van der Waals surface area contributed by atoms with Crippen LogP contribution < -0.4 is 0 Å². The van der Waals surface area contributed by atoms with E-state index >= 15 is 0 Å². The summed E-state index contributed by atoms with van der Waals surface area (Å²) in [7, 11) is 0. The van der Waals surface area contributed by atoms with Crippen molar-refractivity contribution in [3.63, 3.8) is 0 Å². The van der Waals surface area contributed by atoms with Crippen molar-refractivity contribution in [2.75, 3.05) is 0 Å². The van der Waals surface area contributed by atoms with Crippen molar-refractivity contribution in [3.05, 3.63) is 38.3 Å². The first kappa shape index (κ1) is 13.9. The van der Waals surface area contributed by atoms with E-state index in [1.807, 2.05) is 13.8 Å². The Morgan fingerprint density at radius 1 is 1.20 bits per heavy atom. The lowest BCUT2D eigenvalue weighted by Gasteiger charge is -2.06. The van der Waals surface area contributed by atoms with Crippen molar-refractivity contribution in [2.45, 2.75) is 13.8 Å². The molecule has 0 unspecified atom stereocenters. The zero-order chi connectivity index (χ0) is 14.4. The molecule has 0 saturated heterocycles. The van der Waals surface area contributed by atoms with E-state index < -0.39 is 5.82 Å². The number of halogens is 3. The predicted octanol–water partition coefficient (Wildman–Crippen LogP) is 4.93. The molecule has 0 amide bonds. The van der Waals surface area contributed by atoms with Gasteiger partial charge in [0.25, 0.3) is 0 Å². The van der Waals surface area contributed by atoms with Crippen molar-refractivity contribution in [1.29, 1.82) is 0 Å². The highest BCUT2D eigenvalue weighted by Gasteiger charge is 2.17. The fourth-order valence-electron chi connectivity index (χ4n) is 1.97. The average Bonchev–Trinajstić information content (AvgIpc) is 2.72. The SMILES string of the molecule is Cc1nc(C)c(-c2nc(Cl)c3c(Br)ccc(F)c3n2)s1. The van der Waals surface area contributed by atoms with Crippen LogP contribution in [0.5, 0.6) is 0 Å². The molecule has 3 nitrogen and oxygen atoms in total. The maximum Gasteiger partial charge on any atom is 0.173 e. The van der Waals surface area contributed by atoms with Gasteiger partial charge in [0.1, 0.15) is 16.5 Å². The lowest BCUT2D eigenvalue weighted by atomic mass is 10.2. The molecule has 102 valence electrons. The summed E-state index contributed by atoms with van der Waals surface area (Å²) in [4.78, 5) is 13.7. The largest absolute Gasteiger partial charge is 0.246 e. The monoisotopic (exact) mass is 371 g/mol. The summed E-state index contributed by atoms with van der Waals surface area (Å²) >= 11 is 11.0. The summed E-state index contributed by atoms with van der Waals surface area (Å²) in [6.07, 6.45) is 0. The molecule has 0 N–H and O–H groups in total. The second-order valence-corrected chi connectivity index (χ2v) is 6.65. The number of rotatable bonds is 1. The van der Waals surface area contributed by atoms with Gasteiger partial charge in [-0.15, -0.1) is 11.3 Å². The number of aromatic nitrogens is 3. The van der Waals surface area contributed by atoms with E-state index in [0.29, 0.717) is 15.7 Å². The standard InChI is InChI=1S/C13H8BrClFN3S/c1-5-11(20-6(2)17-5)13-18-10-8(16)4-3-7(14)9(10)12(15)19-13/h3-4H,1-2H3. The minimum atomic E-state index is -0.423. The molecular formula is C13H8BrClFN3S. The molecule has 0 radical (unpaired) electrons. The van der Waals surface area contributed by atoms with Gasteiger partial charge in [0.15, 0.2) is 5.82 Å². The summed E-state index contributed by atoms with van der Waals surface area (Å²) in [5.41, 5.74) is 1.03. The molecule has 0 fully saturated rings. The molecule has 0 aliphatic carbocycles. The van der Waals surface area contributed by atoms with Crippen molar-refractivity contribution < 1.29 is 4.39 Å². The number of aryl methyl sites for hydroxylation is 2. The van der Waals surface area contributed by atoms with Gasteiger partial charge < -0.3 is 0 Å². The van der Waals surface area contributed by atoms with Gasteiger partial charge in [-0.1, -0.05) is 11.6 Å². The quantitative estimate of drug-likeness (QED) is 0.569. The maximum atomic E-state index is 14.0. The van der Waals surface area contributed by atoms with Gasteiger partial charge in [0, 0.05) is 4.47 Å². The van der Waals surface area contributed by atoms with E-state index in [9.17, 15) is 4.39 Å². The van der Waals surface area contributed by atoms with Crippen LogP contribution in [0.3, 0.4) is 0 Å². The Morgan fingerprint density at radius 3 is 2.60 bits per heavy atom. The second-order valence-electron chi connectivity index (χ2n) is 4.24. The number of hydrogen-bond donors (Lipinski definition) is 0. The van der Waals surface area contributed by atoms with E-state index in [4.69, 9.17) is 11.6 Å². The lowest BCUT2D eigenvalue weighted by Crippen LogP contribution is -1.94. The van der Waals surface area contributed by atoms with Gasteiger partial charge in [0.2, 0.25) is 0 Å². The molecule has 0 aliphatic rings. The molecule has 2 aromatic heterocycles. The van der Waals surface area contributed by atoms with Gasteiger partial charge in [-0.3, -0.25) is 0 Å². The van der Waals surface area contributed by atoms with Gasteiger partial charge in [-0.2, -0.15) is 0 Å². The molecule has 0 atom stereocenters. The topological polar surface area (TPSA) is 38.7 Å². The zero-order valence-corrected chi connectivity index (χ0v) is 13.7. The number of hydrogen-bond acceptors (Lipinski definition) is 4. The third-order valence-electron chi connectivity index (χ3n) is 2.81. The molecule has 7 heteroatoms. The third-order valence-corrected chi connectivity index (χ3v) is 4.82. The first-order chi connectivity index (χ1) is 9.47. The van der Waals surface area contributed by atoms with Crippen LogP contribution in [0.2, 0.25) is 5.15 Å². The Labute approximate surface area is 132 Å². The Morgan fingerprint density at radius 2 is 1.95 bits per heavy atom. The van der Waals surface area contributed by atoms with E-state index in [1.54, 1.807) is 6.07 Å². The fourth-order valence-corrected chi connectivity index (χ4v) is 3.71. The van der Waals surface area contributed by atoms with Crippen LogP contribution in [0.25, 0.3) is 21.6 Å². The van der Waals surface area contributed by atoms with E-state index in [0.717, 1.165) is 15.6 Å². The Hall–Kier alpha value is -1.11. The Kier molecular flexibility index (Phi) is 3.48. The molecule has 0 spiro atoms. The zero-order valence-electron chi connectivity index (χ0n) is 10.5. The molecule has 0 bridgehead atoms. The first-order valence-electron chi connectivity index (χ1n) is 5.73. The third kappa shape index (κ3) is 2.21. The molecular weight excluding hydrogens is 365 g/mol. The summed E-state index contributed by atoms with van der Waals surface area (Å²) in [5, 5.41) is 1.61. The van der Waals surface area contributed by atoms with Crippen LogP contribution in [0.15, 0.2) is 16.6 Å². The highest BCUT2D eigenvalue weighted by atomic mass is 79.9. The summed E-state index contributed by atoms with van der Waals surface area (Å²) in [6.45, 7) is 3.78. The fraction of sp³-hybridized carbons (Fsp3) is 0.154. The highest BCUT2D eigenvalue weighted by Crippen LogP contribution is 2.34. The summed E-state index contributed by atoms with van der Waals surface area (Å²) in [5.74, 6) is -0.0183. The number of fused-ring (bicyclic) bond motifs is 1. The first-order valence-corrected chi connectivity index (χ1v) is 7.71. The van der Waals surface area contributed by atoms with Crippen molar-refractivity contribution in [2.24, 2.45) is 0 Å². The molecule has 1 aromatic carbocycles. The lowest BCUT2D eigenvalue weighted by molar-refractivity contribution is 0.636. The van der Waals surface area contributed by atoms with E-state index in [1.165, 1.54) is 17.4 Å². The Bertz CT molecular complexity index is 834. The second kappa shape index (κ2) is 5.02.